The summed E-state index contributed by atoms with van der Waals surface area (Å²) in [5.41, 5.74) is 8.49. The van der Waals surface area contributed by atoms with Gasteiger partial charge in [-0.15, -0.1) is 13.8 Å². The Morgan fingerprint density at radius 3 is 0.955 bits per heavy atom. The molecule has 22 heavy (non-hydrogen) atoms. The van der Waals surface area contributed by atoms with E-state index in [0.717, 1.165) is 0 Å². The van der Waals surface area contributed by atoms with E-state index < -0.39 is 0 Å². The van der Waals surface area contributed by atoms with Crippen molar-refractivity contribution in [2.45, 2.75) is 55.4 Å². The Kier molecular flexibility index (Phi) is 15.0. The Hall–Kier alpha value is -0.109. The van der Waals surface area contributed by atoms with Crippen molar-refractivity contribution in [3.05, 3.63) is 60.4 Å². The van der Waals surface area contributed by atoms with Crippen LogP contribution in [0.1, 0.15) is 55.4 Å². The molecule has 0 amide bonds. The molecule has 2 rings (SSSR count). The van der Waals surface area contributed by atoms with Crippen LogP contribution in [-0.4, -0.2) is 7.63 Å². The summed E-state index contributed by atoms with van der Waals surface area (Å²) in [6.45, 7) is 17.3. The van der Waals surface area contributed by atoms with Gasteiger partial charge in [0.2, 0.25) is 0 Å². The zero-order valence-corrected chi connectivity index (χ0v) is 19.3. The van der Waals surface area contributed by atoms with Gasteiger partial charge in [-0.2, -0.15) is 22.3 Å². The average molecular weight is 350 g/mol. The minimum absolute atomic E-state index is 0. The summed E-state index contributed by atoms with van der Waals surface area (Å²) >= 11 is 2.03. The molecule has 2 aliphatic rings. The molecule has 0 heterocycles. The van der Waals surface area contributed by atoms with E-state index >= 15 is 0 Å². The second kappa shape index (κ2) is 12.3. The summed E-state index contributed by atoms with van der Waals surface area (Å²) < 4.78 is 0. The van der Waals surface area contributed by atoms with Crippen molar-refractivity contribution < 1.29 is 19.2 Å². The van der Waals surface area contributed by atoms with Crippen LogP contribution in [0.5, 0.6) is 0 Å². The molecule has 0 saturated carbocycles. The van der Waals surface area contributed by atoms with E-state index in [1.165, 1.54) is 33.4 Å². The van der Waals surface area contributed by atoms with Gasteiger partial charge in [0.25, 0.3) is 0 Å². The van der Waals surface area contributed by atoms with Crippen LogP contribution in [0.25, 0.3) is 0 Å². The van der Waals surface area contributed by atoms with Gasteiger partial charge in [-0.3, -0.25) is 12.2 Å². The molecule has 2 unspecified atom stereocenters. The van der Waals surface area contributed by atoms with Gasteiger partial charge in [0.15, 0.2) is 0 Å². The fraction of sp³-hybridized carbons (Fsp3) is 0.500. The van der Waals surface area contributed by atoms with E-state index in [0.29, 0.717) is 11.8 Å². The van der Waals surface area contributed by atoms with Crippen LogP contribution in [0, 0.1) is 38.8 Å². The molecule has 0 nitrogen and oxygen atoms in total. The van der Waals surface area contributed by atoms with Crippen molar-refractivity contribution in [3.63, 3.8) is 0 Å². The number of allylic oxidation sites excluding steroid dienone is 8. The second-order valence-corrected chi connectivity index (χ2v) is 5.60. The molecule has 2 atom stereocenters. The monoisotopic (exact) mass is 350 g/mol. The number of rotatable bonds is 0. The third kappa shape index (κ3) is 6.98. The van der Waals surface area contributed by atoms with Gasteiger partial charge >= 0.3 is 26.8 Å². The molecule has 0 aromatic heterocycles. The van der Waals surface area contributed by atoms with E-state index in [9.17, 15) is 0 Å². The predicted octanol–water partition coefficient (Wildman–Crippen LogP) is 5.43. The van der Waals surface area contributed by atoms with Crippen molar-refractivity contribution >= 4 is 7.63 Å². The molecule has 0 aliphatic heterocycles. The molecule has 0 N–H and O–H groups in total. The molecular formula is C20H34SiTi-4. The predicted molar refractivity (Wildman–Crippen MR) is 101 cm³/mol. The second-order valence-electron chi connectivity index (χ2n) is 5.60. The fourth-order valence-electron chi connectivity index (χ4n) is 2.32. The molecular weight excluding hydrogens is 316 g/mol. The van der Waals surface area contributed by atoms with Crippen LogP contribution in [0.15, 0.2) is 33.4 Å². The normalized spacial score (nSPS) is 22.3. The molecule has 0 fully saturated rings. The Balaban J connectivity index is -0.000000273. The molecule has 0 aromatic rings. The van der Waals surface area contributed by atoms with E-state index in [-0.39, 0.29) is 14.9 Å². The van der Waals surface area contributed by atoms with Gasteiger partial charge < -0.3 is 14.9 Å². The quantitative estimate of drug-likeness (QED) is 0.404. The van der Waals surface area contributed by atoms with Gasteiger partial charge in [-0.25, -0.2) is 11.1 Å². The zero-order valence-electron chi connectivity index (χ0n) is 16.4. The van der Waals surface area contributed by atoms with Crippen LogP contribution in [-0.2, 0) is 19.2 Å². The summed E-state index contributed by atoms with van der Waals surface area (Å²) in [5, 5.41) is 0. The average Bonchev–Trinajstić information content (AvgIpc) is 2.78. The van der Waals surface area contributed by atoms with Crippen molar-refractivity contribution in [2.24, 2.45) is 11.8 Å². The van der Waals surface area contributed by atoms with Crippen molar-refractivity contribution in [2.75, 3.05) is 0 Å². The summed E-state index contributed by atoms with van der Waals surface area (Å²) in [6, 6.07) is 0. The molecule has 2 aliphatic carbocycles. The van der Waals surface area contributed by atoms with Gasteiger partial charge in [-0.1, -0.05) is 53.4 Å². The first kappa shape index (κ1) is 26.8. The van der Waals surface area contributed by atoms with Crippen molar-refractivity contribution in [1.82, 2.24) is 0 Å². The van der Waals surface area contributed by atoms with E-state index in [1.54, 1.807) is 0 Å². The minimum atomic E-state index is 0. The van der Waals surface area contributed by atoms with Gasteiger partial charge in [0.1, 0.15) is 0 Å². The van der Waals surface area contributed by atoms with E-state index in [1.807, 2.05) is 26.8 Å². The third-order valence-corrected chi connectivity index (χ3v) is 4.47. The molecule has 0 saturated heterocycles. The molecule has 126 valence electrons. The van der Waals surface area contributed by atoms with Gasteiger partial charge in [-0.05, 0) is 0 Å². The molecule has 0 bridgehead atoms. The van der Waals surface area contributed by atoms with Crippen LogP contribution in [0.2, 0.25) is 0 Å². The van der Waals surface area contributed by atoms with Crippen LogP contribution >= 0.6 is 0 Å². The zero-order chi connectivity index (χ0) is 16.0. The first-order valence-corrected chi connectivity index (χ1v) is 11.2. The Bertz CT molecular complexity index is 434. The van der Waals surface area contributed by atoms with Crippen LogP contribution in [0.4, 0.5) is 0 Å². The fourth-order valence-corrected chi connectivity index (χ4v) is 2.32. The van der Waals surface area contributed by atoms with Gasteiger partial charge in [0.05, 0.1) is 0 Å². The molecule has 2 heteroatoms. The Morgan fingerprint density at radius 1 is 0.682 bits per heavy atom. The van der Waals surface area contributed by atoms with Gasteiger partial charge in [0, 0.05) is 0 Å². The van der Waals surface area contributed by atoms with Crippen molar-refractivity contribution in [1.29, 1.82) is 0 Å². The first-order valence-electron chi connectivity index (χ1n) is 7.16. The topological polar surface area (TPSA) is 0 Å². The maximum absolute atomic E-state index is 3.36. The van der Waals surface area contributed by atoms with E-state index in [2.05, 4.69) is 67.5 Å². The van der Waals surface area contributed by atoms with Crippen LogP contribution in [0.3, 0.4) is 0 Å². The summed E-state index contributed by atoms with van der Waals surface area (Å²) in [6.07, 6.45) is 6.72. The summed E-state index contributed by atoms with van der Waals surface area (Å²) in [7, 11) is 1.86. The summed E-state index contributed by atoms with van der Waals surface area (Å²) in [5.74, 6) is 1.12. The maximum atomic E-state index is 3.36. The number of hydrogen-bond donors (Lipinski definition) is 0. The third-order valence-electron chi connectivity index (χ3n) is 4.47. The molecule has 0 spiro atoms. The standard InChI is InChI=1S/2C9H13.2CH3.H2Si.Ti/c2*1-6-5-7(2)9(4)8(6)3;;;;/h2*6H,1-4H3;2*1H3;1H2;/q4*-1;;. The van der Waals surface area contributed by atoms with Crippen molar-refractivity contribution in [3.8, 4) is 0 Å². The van der Waals surface area contributed by atoms with Crippen LogP contribution < -0.4 is 0 Å². The molecule has 0 radical (unpaired) electrons. The Morgan fingerprint density at radius 2 is 0.909 bits per heavy atom. The first-order chi connectivity index (χ1) is 9.25. The SMILES string of the molecule is CC1=[C-]C(C)C(C)=C1C.CC1=[C-]C(C)C(C)=C1C.[CH3-].[CH3-].[SiH2]=[Ti]. The molecule has 0 aromatic carbocycles. The summed E-state index contributed by atoms with van der Waals surface area (Å²) in [4.78, 5) is 0. The van der Waals surface area contributed by atoms with E-state index in [4.69, 9.17) is 0 Å². The Labute approximate surface area is 154 Å². The number of hydrogen-bond acceptors (Lipinski definition) is 0.